The van der Waals surface area contributed by atoms with Gasteiger partial charge >= 0.3 is 12.1 Å². The topological polar surface area (TPSA) is 122 Å². The number of carboxylic acid groups (broad SMARTS) is 1. The molecular weight excluding hydrogens is 549 g/mol. The molecule has 0 aliphatic heterocycles. The maximum atomic E-state index is 13.9. The third kappa shape index (κ3) is 5.76. The SMILES string of the molecule is Cc1cc(-c2ncccc2-c2ccc3ncc(C(=O)OCC(C=NC(=O)O)Cc4c[nH]c5ccccc45)n3c2)ccc1F. The zero-order chi connectivity index (χ0) is 29.9. The predicted molar refractivity (Wildman–Crippen MR) is 161 cm³/mol. The Bertz CT molecular complexity index is 2010. The van der Waals surface area contributed by atoms with E-state index in [1.54, 1.807) is 41.9 Å². The number of pyridine rings is 2. The Morgan fingerprint density at radius 1 is 1.09 bits per heavy atom. The second-order valence-electron chi connectivity index (χ2n) is 10.1. The highest BCUT2D eigenvalue weighted by atomic mass is 19.1. The number of nitrogens with one attached hydrogen (secondary N) is 1. The van der Waals surface area contributed by atoms with E-state index in [2.05, 4.69) is 19.9 Å². The highest BCUT2D eigenvalue weighted by molar-refractivity contribution is 5.90. The van der Waals surface area contributed by atoms with Crippen molar-refractivity contribution in [2.24, 2.45) is 10.9 Å². The lowest BCUT2D eigenvalue weighted by Gasteiger charge is -2.13. The number of esters is 1. The van der Waals surface area contributed by atoms with Gasteiger partial charge in [-0.1, -0.05) is 24.3 Å². The Hall–Kier alpha value is -5.64. The van der Waals surface area contributed by atoms with E-state index in [0.29, 0.717) is 23.3 Å². The third-order valence-electron chi connectivity index (χ3n) is 7.25. The number of imidazole rings is 1. The molecular formula is C33H26FN5O4. The number of halogens is 1. The number of nitrogens with zero attached hydrogens (tertiary/aromatic N) is 4. The number of benzene rings is 2. The fourth-order valence-electron chi connectivity index (χ4n) is 5.11. The normalized spacial score (nSPS) is 12.2. The monoisotopic (exact) mass is 575 g/mol. The van der Waals surface area contributed by atoms with Crippen molar-refractivity contribution in [3.05, 3.63) is 114 Å². The van der Waals surface area contributed by atoms with E-state index in [1.165, 1.54) is 18.5 Å². The van der Waals surface area contributed by atoms with Crippen LogP contribution in [0.3, 0.4) is 0 Å². The van der Waals surface area contributed by atoms with Crippen molar-refractivity contribution < 1.29 is 23.8 Å². The summed E-state index contributed by atoms with van der Waals surface area (Å²) in [4.78, 5) is 40.0. The molecule has 0 fully saturated rings. The Labute approximate surface area is 245 Å². The van der Waals surface area contributed by atoms with Crippen molar-refractivity contribution >= 4 is 34.8 Å². The van der Waals surface area contributed by atoms with Gasteiger partial charge in [-0.25, -0.2) is 19.0 Å². The Kier molecular flexibility index (Phi) is 7.48. The molecule has 1 unspecified atom stereocenters. The number of carbonyl (C=O) groups excluding carboxylic acids is 1. The van der Waals surface area contributed by atoms with Crippen molar-refractivity contribution in [1.82, 2.24) is 19.4 Å². The van der Waals surface area contributed by atoms with Gasteiger partial charge in [0.25, 0.3) is 0 Å². The highest BCUT2D eigenvalue weighted by Crippen LogP contribution is 2.31. The zero-order valence-electron chi connectivity index (χ0n) is 23.1. The zero-order valence-corrected chi connectivity index (χ0v) is 23.1. The molecule has 1 atom stereocenters. The largest absolute Gasteiger partial charge is 0.463 e. The van der Waals surface area contributed by atoms with Crippen LogP contribution < -0.4 is 0 Å². The second kappa shape index (κ2) is 11.7. The van der Waals surface area contributed by atoms with Crippen molar-refractivity contribution in [2.75, 3.05) is 6.61 Å². The van der Waals surface area contributed by atoms with Crippen LogP contribution in [0.5, 0.6) is 0 Å². The maximum absolute atomic E-state index is 13.9. The molecule has 9 nitrogen and oxygen atoms in total. The molecule has 43 heavy (non-hydrogen) atoms. The lowest BCUT2D eigenvalue weighted by molar-refractivity contribution is 0.0467. The van der Waals surface area contributed by atoms with Crippen LogP contribution in [0.25, 0.3) is 38.9 Å². The van der Waals surface area contributed by atoms with Gasteiger partial charge in [0.2, 0.25) is 0 Å². The van der Waals surface area contributed by atoms with E-state index in [-0.39, 0.29) is 18.1 Å². The molecule has 4 aromatic heterocycles. The van der Waals surface area contributed by atoms with E-state index in [0.717, 1.165) is 33.2 Å². The quantitative estimate of drug-likeness (QED) is 0.153. The summed E-state index contributed by atoms with van der Waals surface area (Å²) >= 11 is 0. The van der Waals surface area contributed by atoms with E-state index < -0.39 is 18.0 Å². The maximum Gasteiger partial charge on any atom is 0.430 e. The van der Waals surface area contributed by atoms with Crippen LogP contribution in [-0.2, 0) is 11.2 Å². The van der Waals surface area contributed by atoms with E-state index >= 15 is 0 Å². The number of aromatic amines is 1. The third-order valence-corrected chi connectivity index (χ3v) is 7.25. The van der Waals surface area contributed by atoms with Gasteiger partial charge in [0, 0.05) is 58.3 Å². The molecule has 0 spiro atoms. The number of para-hydroxylation sites is 1. The molecule has 0 saturated carbocycles. The number of amides is 1. The number of aliphatic imine (C=N–C) groups is 1. The first-order chi connectivity index (χ1) is 20.9. The van der Waals surface area contributed by atoms with Gasteiger partial charge < -0.3 is 14.8 Å². The molecule has 4 heterocycles. The number of carbonyl (C=O) groups is 2. The summed E-state index contributed by atoms with van der Waals surface area (Å²) in [5.74, 6) is -1.38. The molecule has 0 saturated heterocycles. The fourth-order valence-corrected chi connectivity index (χ4v) is 5.11. The van der Waals surface area contributed by atoms with Crippen LogP contribution in [0.1, 0.15) is 21.6 Å². The number of H-pyrrole nitrogens is 1. The standard InChI is InChI=1S/C33H26FN5O4/c1-20-13-22(8-10-27(20)34)31-26(6-4-12-35-31)23-9-11-30-37-17-29(39(30)18-23)32(40)43-19-21(15-38-33(41)42)14-24-16-36-28-7-3-2-5-25(24)28/h2-13,15-18,21,36H,14,19H2,1H3,(H,41,42). The van der Waals surface area contributed by atoms with Gasteiger partial charge in [0.05, 0.1) is 18.5 Å². The number of fused-ring (bicyclic) bond motifs is 2. The summed E-state index contributed by atoms with van der Waals surface area (Å²) in [7, 11) is 0. The summed E-state index contributed by atoms with van der Waals surface area (Å²) in [6.45, 7) is 1.62. The molecule has 2 aromatic carbocycles. The Morgan fingerprint density at radius 3 is 2.77 bits per heavy atom. The van der Waals surface area contributed by atoms with Crippen LogP contribution in [0.4, 0.5) is 9.18 Å². The smallest absolute Gasteiger partial charge is 0.430 e. The summed E-state index contributed by atoms with van der Waals surface area (Å²) in [5, 5.41) is 10.1. The van der Waals surface area contributed by atoms with Gasteiger partial charge in [-0.15, -0.1) is 0 Å². The van der Waals surface area contributed by atoms with Gasteiger partial charge in [0.1, 0.15) is 11.5 Å². The molecule has 0 radical (unpaired) electrons. The first-order valence-corrected chi connectivity index (χ1v) is 13.6. The van der Waals surface area contributed by atoms with Crippen molar-refractivity contribution in [3.63, 3.8) is 0 Å². The molecule has 6 aromatic rings. The molecule has 0 bridgehead atoms. The second-order valence-corrected chi connectivity index (χ2v) is 10.1. The molecule has 214 valence electrons. The lowest BCUT2D eigenvalue weighted by atomic mass is 9.99. The number of rotatable bonds is 8. The molecule has 0 aliphatic carbocycles. The summed E-state index contributed by atoms with van der Waals surface area (Å²) in [5.41, 5.74) is 6.19. The van der Waals surface area contributed by atoms with E-state index in [1.807, 2.05) is 48.7 Å². The number of aryl methyl sites for hydroxylation is 1. The summed E-state index contributed by atoms with van der Waals surface area (Å²) in [6, 6.07) is 20.0. The Morgan fingerprint density at radius 2 is 1.93 bits per heavy atom. The van der Waals surface area contributed by atoms with E-state index in [9.17, 15) is 14.0 Å². The van der Waals surface area contributed by atoms with Crippen molar-refractivity contribution in [1.29, 1.82) is 0 Å². The predicted octanol–water partition coefficient (Wildman–Crippen LogP) is 6.76. The minimum atomic E-state index is -1.32. The summed E-state index contributed by atoms with van der Waals surface area (Å²) in [6.07, 6.45) is 7.15. The number of aromatic nitrogens is 4. The average molecular weight is 576 g/mol. The molecule has 2 N–H and O–H groups in total. The van der Waals surface area contributed by atoms with Crippen LogP contribution in [-0.4, -0.2) is 49.3 Å². The van der Waals surface area contributed by atoms with Gasteiger partial charge in [-0.3, -0.25) is 9.38 Å². The highest BCUT2D eigenvalue weighted by Gasteiger charge is 2.19. The van der Waals surface area contributed by atoms with Crippen LogP contribution in [0.2, 0.25) is 0 Å². The van der Waals surface area contributed by atoms with Gasteiger partial charge in [0.15, 0.2) is 5.69 Å². The van der Waals surface area contributed by atoms with Gasteiger partial charge in [-0.2, -0.15) is 4.99 Å². The van der Waals surface area contributed by atoms with Crippen molar-refractivity contribution in [2.45, 2.75) is 13.3 Å². The minimum Gasteiger partial charge on any atom is -0.463 e. The number of hydrogen-bond acceptors (Lipinski definition) is 5. The fraction of sp³-hybridized carbons (Fsp3) is 0.121. The van der Waals surface area contributed by atoms with E-state index in [4.69, 9.17) is 9.84 Å². The average Bonchev–Trinajstić information content (AvgIpc) is 3.63. The van der Waals surface area contributed by atoms with Gasteiger partial charge in [-0.05, 0) is 66.9 Å². The lowest BCUT2D eigenvalue weighted by Crippen LogP contribution is -2.19. The number of hydrogen-bond donors (Lipinski definition) is 2. The van der Waals surface area contributed by atoms with Crippen LogP contribution in [0, 0.1) is 18.7 Å². The molecule has 1 amide bonds. The summed E-state index contributed by atoms with van der Waals surface area (Å²) < 4.78 is 21.2. The van der Waals surface area contributed by atoms with Crippen LogP contribution >= 0.6 is 0 Å². The first-order valence-electron chi connectivity index (χ1n) is 13.6. The van der Waals surface area contributed by atoms with Crippen LogP contribution in [0.15, 0.2) is 96.5 Å². The minimum absolute atomic E-state index is 0.0846. The molecule has 6 rings (SSSR count). The first kappa shape index (κ1) is 27.5. The van der Waals surface area contributed by atoms with Crippen molar-refractivity contribution in [3.8, 4) is 22.4 Å². The molecule has 10 heteroatoms. The molecule has 0 aliphatic rings. The number of ether oxygens (including phenoxy) is 1. The Balaban J connectivity index is 1.26.